The lowest BCUT2D eigenvalue weighted by Crippen LogP contribution is -2.49. The third-order valence-electron chi connectivity index (χ3n) is 4.98. The van der Waals surface area contributed by atoms with Crippen LogP contribution < -0.4 is 0 Å². The van der Waals surface area contributed by atoms with Crippen LogP contribution in [0.3, 0.4) is 0 Å². The molecule has 1 aliphatic rings. The lowest BCUT2D eigenvalue weighted by atomic mass is 10.2. The number of benzene rings is 1. The quantitative estimate of drug-likeness (QED) is 0.559. The van der Waals surface area contributed by atoms with Crippen molar-refractivity contribution < 1.29 is 14.1 Å². The highest BCUT2D eigenvalue weighted by Gasteiger charge is 2.26. The van der Waals surface area contributed by atoms with Crippen molar-refractivity contribution in [2.45, 2.75) is 26.9 Å². The fourth-order valence-electron chi connectivity index (χ4n) is 3.40. The number of rotatable bonds is 5. The molecule has 10 heteroatoms. The monoisotopic (exact) mass is 409 g/mol. The van der Waals surface area contributed by atoms with Crippen molar-refractivity contribution in [3.05, 3.63) is 56.1 Å². The first-order valence-corrected chi connectivity index (χ1v) is 9.27. The van der Waals surface area contributed by atoms with E-state index in [2.05, 4.69) is 5.10 Å². The molecule has 1 saturated heterocycles. The zero-order chi connectivity index (χ0) is 20.4. The van der Waals surface area contributed by atoms with Gasteiger partial charge in [0, 0.05) is 43.3 Å². The Hall–Kier alpha value is -2.52. The molecule has 1 fully saturated rings. The molecule has 0 unspecified atom stereocenters. The van der Waals surface area contributed by atoms with Gasteiger partial charge in [-0.15, -0.1) is 0 Å². The fraction of sp³-hybridized carbons (Fsp3) is 0.444. The van der Waals surface area contributed by atoms with Crippen LogP contribution >= 0.6 is 11.6 Å². The normalized spacial score (nSPS) is 15.1. The molecule has 3 rings (SSSR count). The van der Waals surface area contributed by atoms with E-state index >= 15 is 0 Å². The van der Waals surface area contributed by atoms with E-state index in [1.807, 2.05) is 4.90 Å². The van der Waals surface area contributed by atoms with Crippen LogP contribution in [0.4, 0.5) is 10.1 Å². The lowest BCUT2D eigenvalue weighted by molar-refractivity contribution is -0.386. The number of carbonyl (C=O) groups is 1. The van der Waals surface area contributed by atoms with Crippen molar-refractivity contribution in [3.63, 3.8) is 0 Å². The van der Waals surface area contributed by atoms with Crippen molar-refractivity contribution in [2.75, 3.05) is 26.2 Å². The van der Waals surface area contributed by atoms with E-state index in [4.69, 9.17) is 11.6 Å². The molecule has 0 atom stereocenters. The smallest absolute Gasteiger partial charge is 0.312 e. The topological polar surface area (TPSA) is 84.5 Å². The summed E-state index contributed by atoms with van der Waals surface area (Å²) in [7, 11) is 0. The van der Waals surface area contributed by atoms with Crippen molar-refractivity contribution >= 4 is 23.2 Å². The summed E-state index contributed by atoms with van der Waals surface area (Å²) in [6.45, 7) is 5.65. The number of aryl methyl sites for hydroxylation is 1. The Labute approximate surface area is 166 Å². The molecule has 28 heavy (non-hydrogen) atoms. The van der Waals surface area contributed by atoms with E-state index in [0.29, 0.717) is 54.7 Å². The maximum atomic E-state index is 13.9. The SMILES string of the molecule is Cc1nn(CC(=O)N2CCN(Cc3c(F)cccc3Cl)CC2)c(C)c1[N+](=O)[O-]. The minimum Gasteiger partial charge on any atom is -0.339 e. The molecule has 0 aliphatic carbocycles. The maximum Gasteiger partial charge on any atom is 0.312 e. The van der Waals surface area contributed by atoms with Crippen LogP contribution in [0.15, 0.2) is 18.2 Å². The largest absolute Gasteiger partial charge is 0.339 e. The molecule has 0 spiro atoms. The molecule has 1 aliphatic heterocycles. The van der Waals surface area contributed by atoms with Crippen LogP contribution in [-0.4, -0.2) is 56.6 Å². The molecule has 1 aromatic carbocycles. The molecule has 2 aromatic rings. The molecule has 1 aromatic heterocycles. The van der Waals surface area contributed by atoms with Crippen LogP contribution in [0.5, 0.6) is 0 Å². The highest BCUT2D eigenvalue weighted by molar-refractivity contribution is 6.31. The highest BCUT2D eigenvalue weighted by Crippen LogP contribution is 2.23. The predicted molar refractivity (Wildman–Crippen MR) is 102 cm³/mol. The van der Waals surface area contributed by atoms with Crippen LogP contribution in [0.25, 0.3) is 0 Å². The molecule has 150 valence electrons. The van der Waals surface area contributed by atoms with E-state index in [-0.39, 0.29) is 24.0 Å². The maximum absolute atomic E-state index is 13.9. The van der Waals surface area contributed by atoms with Gasteiger partial charge in [0.1, 0.15) is 23.7 Å². The Bertz CT molecular complexity index is 889. The van der Waals surface area contributed by atoms with Gasteiger partial charge in [-0.3, -0.25) is 24.5 Å². The van der Waals surface area contributed by atoms with Gasteiger partial charge in [-0.25, -0.2) is 4.39 Å². The van der Waals surface area contributed by atoms with Gasteiger partial charge < -0.3 is 4.90 Å². The second kappa shape index (κ2) is 8.24. The Morgan fingerprint density at radius 3 is 2.54 bits per heavy atom. The Kier molecular flexibility index (Phi) is 5.95. The van der Waals surface area contributed by atoms with Crippen LogP contribution in [-0.2, 0) is 17.9 Å². The summed E-state index contributed by atoms with van der Waals surface area (Å²) < 4.78 is 15.3. The molecule has 0 bridgehead atoms. The number of nitrogens with zero attached hydrogens (tertiary/aromatic N) is 5. The summed E-state index contributed by atoms with van der Waals surface area (Å²) in [6, 6.07) is 4.61. The van der Waals surface area contributed by atoms with E-state index in [0.717, 1.165) is 0 Å². The number of nitro groups is 1. The minimum absolute atomic E-state index is 0.0420. The van der Waals surface area contributed by atoms with Gasteiger partial charge in [0.2, 0.25) is 5.91 Å². The van der Waals surface area contributed by atoms with Crippen molar-refractivity contribution in [1.29, 1.82) is 0 Å². The third-order valence-corrected chi connectivity index (χ3v) is 5.33. The van der Waals surface area contributed by atoms with Crippen LogP contribution in [0.2, 0.25) is 5.02 Å². The molecule has 0 saturated carbocycles. The molecule has 0 N–H and O–H groups in total. The second-order valence-electron chi connectivity index (χ2n) is 6.79. The zero-order valence-electron chi connectivity index (χ0n) is 15.7. The molecule has 8 nitrogen and oxygen atoms in total. The molecule has 1 amide bonds. The first kappa shape index (κ1) is 20.2. The van der Waals surface area contributed by atoms with Crippen molar-refractivity contribution in [2.24, 2.45) is 0 Å². The summed E-state index contributed by atoms with van der Waals surface area (Å²) in [6.07, 6.45) is 0. The first-order chi connectivity index (χ1) is 13.3. The number of carbonyl (C=O) groups excluding carboxylic acids is 1. The van der Waals surface area contributed by atoms with Crippen molar-refractivity contribution in [3.8, 4) is 0 Å². The average molecular weight is 410 g/mol. The lowest BCUT2D eigenvalue weighted by Gasteiger charge is -2.35. The van der Waals surface area contributed by atoms with E-state index in [1.165, 1.54) is 10.7 Å². The second-order valence-corrected chi connectivity index (χ2v) is 7.20. The number of hydrogen-bond donors (Lipinski definition) is 0. The number of halogens is 2. The Morgan fingerprint density at radius 2 is 1.96 bits per heavy atom. The van der Waals surface area contributed by atoms with E-state index < -0.39 is 4.92 Å². The molecular weight excluding hydrogens is 389 g/mol. The molecule has 0 radical (unpaired) electrons. The predicted octanol–water partition coefficient (Wildman–Crippen LogP) is 2.55. The van der Waals surface area contributed by atoms with Gasteiger partial charge in [0.25, 0.3) is 0 Å². The number of hydrogen-bond acceptors (Lipinski definition) is 5. The Morgan fingerprint density at radius 1 is 1.29 bits per heavy atom. The molecular formula is C18H21ClFN5O3. The van der Waals surface area contributed by atoms with Crippen LogP contribution in [0.1, 0.15) is 17.0 Å². The average Bonchev–Trinajstić information content (AvgIpc) is 2.92. The standard InChI is InChI=1S/C18H21ClFN5O3/c1-12-18(25(27)28)13(2)24(21-12)11-17(26)23-8-6-22(7-9-23)10-14-15(19)4-3-5-16(14)20/h3-5H,6-11H2,1-2H3. The van der Waals surface area contributed by atoms with Gasteiger partial charge in [0.15, 0.2) is 0 Å². The summed E-state index contributed by atoms with van der Waals surface area (Å²) in [5.74, 6) is -0.485. The van der Waals surface area contributed by atoms with Crippen molar-refractivity contribution in [1.82, 2.24) is 19.6 Å². The summed E-state index contributed by atoms with van der Waals surface area (Å²) >= 11 is 6.08. The summed E-state index contributed by atoms with van der Waals surface area (Å²) in [5.41, 5.74) is 1.06. The molecule has 2 heterocycles. The number of piperazine rings is 1. The highest BCUT2D eigenvalue weighted by atomic mass is 35.5. The fourth-order valence-corrected chi connectivity index (χ4v) is 3.62. The number of aromatic nitrogens is 2. The first-order valence-electron chi connectivity index (χ1n) is 8.89. The Balaban J connectivity index is 1.59. The van der Waals surface area contributed by atoms with E-state index in [1.54, 1.807) is 30.9 Å². The van der Waals surface area contributed by atoms with Gasteiger partial charge >= 0.3 is 5.69 Å². The minimum atomic E-state index is -0.481. The van der Waals surface area contributed by atoms with Gasteiger partial charge in [-0.05, 0) is 26.0 Å². The van der Waals surface area contributed by atoms with Gasteiger partial charge in [-0.2, -0.15) is 5.10 Å². The van der Waals surface area contributed by atoms with E-state index in [9.17, 15) is 19.3 Å². The van der Waals surface area contributed by atoms with Gasteiger partial charge in [0.05, 0.1) is 4.92 Å². The summed E-state index contributed by atoms with van der Waals surface area (Å²) in [5, 5.41) is 15.6. The number of amides is 1. The zero-order valence-corrected chi connectivity index (χ0v) is 16.4. The summed E-state index contributed by atoms with van der Waals surface area (Å²) in [4.78, 5) is 26.9. The van der Waals surface area contributed by atoms with Crippen LogP contribution in [0, 0.1) is 29.8 Å². The van der Waals surface area contributed by atoms with Gasteiger partial charge in [-0.1, -0.05) is 17.7 Å². The third kappa shape index (κ3) is 4.15.